The highest BCUT2D eigenvalue weighted by molar-refractivity contribution is 7.98. The molecule has 32 heavy (non-hydrogen) atoms. The normalized spacial score (nSPS) is 15.9. The maximum Gasteiger partial charge on any atom is 0.262 e. The summed E-state index contributed by atoms with van der Waals surface area (Å²) in [7, 11) is 0. The minimum atomic E-state index is -0.145. The van der Waals surface area contributed by atoms with Crippen LogP contribution in [0, 0.1) is 6.92 Å². The molecule has 0 radical (unpaired) electrons. The van der Waals surface area contributed by atoms with Gasteiger partial charge >= 0.3 is 0 Å². The van der Waals surface area contributed by atoms with Crippen LogP contribution in [0.15, 0.2) is 52.4 Å². The Bertz CT molecular complexity index is 1150. The van der Waals surface area contributed by atoms with Gasteiger partial charge in [-0.05, 0) is 49.9 Å². The molecule has 2 heterocycles. The lowest BCUT2D eigenvalue weighted by molar-refractivity contribution is 0.0937. The van der Waals surface area contributed by atoms with Crippen molar-refractivity contribution in [3.05, 3.63) is 69.5 Å². The molecular formula is C25H29N3O3S. The molecule has 1 saturated heterocycles. The summed E-state index contributed by atoms with van der Waals surface area (Å²) < 4.78 is 7.54. The van der Waals surface area contributed by atoms with Crippen molar-refractivity contribution in [3.63, 3.8) is 0 Å². The maximum absolute atomic E-state index is 13.4. The van der Waals surface area contributed by atoms with Crippen molar-refractivity contribution in [2.75, 3.05) is 13.2 Å². The summed E-state index contributed by atoms with van der Waals surface area (Å²) in [5, 5.41) is 4.06. The third-order valence-electron chi connectivity index (χ3n) is 5.62. The van der Waals surface area contributed by atoms with Crippen LogP contribution in [0.3, 0.4) is 0 Å². The number of nitrogens with zero attached hydrogens (tertiary/aromatic N) is 2. The number of aromatic nitrogens is 2. The molecule has 1 N–H and O–H groups in total. The Balaban J connectivity index is 1.69. The summed E-state index contributed by atoms with van der Waals surface area (Å²) >= 11 is 1.54. The predicted molar refractivity (Wildman–Crippen MR) is 128 cm³/mol. The minimum Gasteiger partial charge on any atom is -0.376 e. The number of benzene rings is 2. The standard InChI is InChI=1S/C25H29N3O3S/c1-3-12-26-23(29)19-10-11-21-22(14-19)27-25(32-16-18-8-6-17(2)7-9-18)28(24(21)30)15-20-5-4-13-31-20/h6-11,14,20H,3-5,12-13,15-16H2,1-2H3,(H,26,29). The molecular weight excluding hydrogens is 422 g/mol. The zero-order valence-electron chi connectivity index (χ0n) is 18.6. The number of ether oxygens (including phenoxy) is 1. The number of carbonyl (C=O) groups excluding carboxylic acids is 1. The lowest BCUT2D eigenvalue weighted by Crippen LogP contribution is -2.29. The summed E-state index contributed by atoms with van der Waals surface area (Å²) in [6, 6.07) is 13.5. The highest BCUT2D eigenvalue weighted by Gasteiger charge is 2.21. The molecule has 7 heteroatoms. The zero-order chi connectivity index (χ0) is 22.5. The lowest BCUT2D eigenvalue weighted by atomic mass is 10.1. The molecule has 1 fully saturated rings. The maximum atomic E-state index is 13.4. The zero-order valence-corrected chi connectivity index (χ0v) is 19.4. The van der Waals surface area contributed by atoms with Crippen LogP contribution >= 0.6 is 11.8 Å². The SMILES string of the molecule is CCCNC(=O)c1ccc2c(=O)n(CC3CCCO3)c(SCc3ccc(C)cc3)nc2c1. The number of rotatable bonds is 8. The number of hydrogen-bond acceptors (Lipinski definition) is 5. The number of thioether (sulfide) groups is 1. The van der Waals surface area contributed by atoms with Gasteiger partial charge in [-0.2, -0.15) is 0 Å². The molecule has 1 unspecified atom stereocenters. The van der Waals surface area contributed by atoms with Gasteiger partial charge in [0.2, 0.25) is 0 Å². The van der Waals surface area contributed by atoms with Crippen LogP contribution < -0.4 is 10.9 Å². The smallest absolute Gasteiger partial charge is 0.262 e. The molecule has 1 atom stereocenters. The van der Waals surface area contributed by atoms with Gasteiger partial charge in [-0.3, -0.25) is 14.2 Å². The van der Waals surface area contributed by atoms with E-state index < -0.39 is 0 Å². The Kier molecular flexibility index (Phi) is 7.27. The molecule has 0 bridgehead atoms. The number of aryl methyl sites for hydroxylation is 1. The summed E-state index contributed by atoms with van der Waals surface area (Å²) in [5.74, 6) is 0.563. The van der Waals surface area contributed by atoms with Crippen LogP contribution in [0.5, 0.6) is 0 Å². The van der Waals surface area contributed by atoms with Crippen molar-refractivity contribution in [3.8, 4) is 0 Å². The topological polar surface area (TPSA) is 73.2 Å². The molecule has 4 rings (SSSR count). The fourth-order valence-corrected chi connectivity index (χ4v) is 4.74. The summed E-state index contributed by atoms with van der Waals surface area (Å²) in [4.78, 5) is 30.6. The van der Waals surface area contributed by atoms with E-state index in [1.165, 1.54) is 11.1 Å². The van der Waals surface area contributed by atoms with E-state index in [0.29, 0.717) is 40.5 Å². The van der Waals surface area contributed by atoms with Crippen LogP contribution in [0.1, 0.15) is 47.7 Å². The van der Waals surface area contributed by atoms with Crippen molar-refractivity contribution >= 4 is 28.6 Å². The monoisotopic (exact) mass is 451 g/mol. The number of amides is 1. The van der Waals surface area contributed by atoms with E-state index in [1.807, 2.05) is 6.92 Å². The molecule has 1 aliphatic rings. The van der Waals surface area contributed by atoms with Crippen molar-refractivity contribution in [2.45, 2.75) is 56.7 Å². The van der Waals surface area contributed by atoms with E-state index in [0.717, 1.165) is 25.9 Å². The average Bonchev–Trinajstić information content (AvgIpc) is 3.32. The van der Waals surface area contributed by atoms with E-state index in [4.69, 9.17) is 9.72 Å². The Morgan fingerprint density at radius 3 is 2.78 bits per heavy atom. The lowest BCUT2D eigenvalue weighted by Gasteiger charge is -2.17. The largest absolute Gasteiger partial charge is 0.376 e. The van der Waals surface area contributed by atoms with Gasteiger partial charge < -0.3 is 10.1 Å². The molecule has 1 aliphatic heterocycles. The summed E-state index contributed by atoms with van der Waals surface area (Å²) in [5.41, 5.74) is 3.37. The van der Waals surface area contributed by atoms with Crippen LogP contribution in [-0.2, 0) is 17.0 Å². The predicted octanol–water partition coefficient (Wildman–Crippen LogP) is 4.32. The van der Waals surface area contributed by atoms with Crippen molar-refractivity contribution in [1.29, 1.82) is 0 Å². The quantitative estimate of drug-likeness (QED) is 0.408. The Morgan fingerprint density at radius 2 is 2.06 bits per heavy atom. The van der Waals surface area contributed by atoms with Crippen molar-refractivity contribution in [2.24, 2.45) is 0 Å². The number of fused-ring (bicyclic) bond motifs is 1. The van der Waals surface area contributed by atoms with Gasteiger partial charge in [-0.25, -0.2) is 4.98 Å². The minimum absolute atomic E-state index is 0.0322. The van der Waals surface area contributed by atoms with Crippen molar-refractivity contribution in [1.82, 2.24) is 14.9 Å². The van der Waals surface area contributed by atoms with Gasteiger partial charge in [0.1, 0.15) is 0 Å². The highest BCUT2D eigenvalue weighted by Crippen LogP contribution is 2.24. The van der Waals surface area contributed by atoms with Gasteiger partial charge in [-0.15, -0.1) is 0 Å². The molecule has 1 amide bonds. The van der Waals surface area contributed by atoms with Crippen LogP contribution in [-0.4, -0.2) is 34.7 Å². The molecule has 0 saturated carbocycles. The Hall–Kier alpha value is -2.64. The second kappa shape index (κ2) is 10.3. The van der Waals surface area contributed by atoms with Crippen LogP contribution in [0.2, 0.25) is 0 Å². The number of hydrogen-bond donors (Lipinski definition) is 1. The third-order valence-corrected chi connectivity index (χ3v) is 6.66. The van der Waals surface area contributed by atoms with Gasteiger partial charge in [0.15, 0.2) is 5.16 Å². The van der Waals surface area contributed by atoms with E-state index in [1.54, 1.807) is 34.5 Å². The first-order valence-electron chi connectivity index (χ1n) is 11.2. The Labute approximate surface area is 192 Å². The van der Waals surface area contributed by atoms with Gasteiger partial charge in [0, 0.05) is 24.5 Å². The van der Waals surface area contributed by atoms with Crippen molar-refractivity contribution < 1.29 is 9.53 Å². The molecule has 0 spiro atoms. The van der Waals surface area contributed by atoms with E-state index in [2.05, 4.69) is 36.5 Å². The van der Waals surface area contributed by atoms with Gasteiger partial charge in [-0.1, -0.05) is 48.5 Å². The van der Waals surface area contributed by atoms with Crippen LogP contribution in [0.4, 0.5) is 0 Å². The second-order valence-electron chi connectivity index (χ2n) is 8.21. The van der Waals surface area contributed by atoms with E-state index >= 15 is 0 Å². The molecule has 6 nitrogen and oxygen atoms in total. The molecule has 0 aliphatic carbocycles. The highest BCUT2D eigenvalue weighted by atomic mass is 32.2. The third kappa shape index (κ3) is 5.22. The second-order valence-corrected chi connectivity index (χ2v) is 9.15. The first-order valence-corrected chi connectivity index (χ1v) is 12.2. The first kappa shape index (κ1) is 22.6. The van der Waals surface area contributed by atoms with Gasteiger partial charge in [0.05, 0.1) is 23.6 Å². The molecule has 1 aromatic heterocycles. The number of carbonyl (C=O) groups is 1. The first-order chi connectivity index (χ1) is 15.5. The fraction of sp³-hybridized carbons (Fsp3) is 0.400. The summed E-state index contributed by atoms with van der Waals surface area (Å²) in [6.45, 7) is 5.93. The van der Waals surface area contributed by atoms with Gasteiger partial charge in [0.25, 0.3) is 11.5 Å². The average molecular weight is 452 g/mol. The fourth-order valence-electron chi connectivity index (χ4n) is 3.78. The molecule has 2 aromatic carbocycles. The number of nitrogens with one attached hydrogen (secondary N) is 1. The molecule has 3 aromatic rings. The van der Waals surface area contributed by atoms with Crippen LogP contribution in [0.25, 0.3) is 10.9 Å². The van der Waals surface area contributed by atoms with E-state index in [-0.39, 0.29) is 17.6 Å². The Morgan fingerprint density at radius 1 is 1.25 bits per heavy atom. The summed E-state index contributed by atoms with van der Waals surface area (Å²) in [6.07, 6.45) is 2.86. The van der Waals surface area contributed by atoms with E-state index in [9.17, 15) is 9.59 Å². The molecule has 168 valence electrons.